The molecule has 1 heterocycles. The van der Waals surface area contributed by atoms with Gasteiger partial charge in [-0.1, -0.05) is 90.1 Å². The molecule has 4 heteroatoms. The first-order valence-electron chi connectivity index (χ1n) is 12.7. The minimum absolute atomic E-state index is 0.0328. The number of benzene rings is 2. The molecule has 0 N–H and O–H groups in total. The number of ketones is 1. The van der Waals surface area contributed by atoms with Crippen molar-refractivity contribution in [1.29, 1.82) is 0 Å². The Bertz CT molecular complexity index is 1080. The predicted octanol–water partition coefficient (Wildman–Crippen LogP) is 7.57. The Kier molecular flexibility index (Phi) is 7.69. The van der Waals surface area contributed by atoms with Crippen molar-refractivity contribution in [2.75, 3.05) is 13.1 Å². The molecule has 1 aliphatic rings. The number of Topliss-reactive ketones (excluding diaryl/α,β-unsaturated/α-hetero) is 1. The minimum Gasteiger partial charge on any atom is -0.444 e. The Labute approximate surface area is 217 Å². The summed E-state index contributed by atoms with van der Waals surface area (Å²) in [4.78, 5) is 28.1. The van der Waals surface area contributed by atoms with Crippen LogP contribution in [0.4, 0.5) is 4.79 Å². The number of carbonyl (C=O) groups is 2. The lowest BCUT2D eigenvalue weighted by atomic mass is 9.86. The molecule has 192 valence electrons. The monoisotopic (exact) mass is 487 g/mol. The minimum atomic E-state index is -0.613. The zero-order valence-electron chi connectivity index (χ0n) is 23.4. The number of rotatable bonds is 2. The van der Waals surface area contributed by atoms with Crippen LogP contribution in [0.1, 0.15) is 84.6 Å². The second kappa shape index (κ2) is 10.1. The van der Waals surface area contributed by atoms with Crippen molar-refractivity contribution < 1.29 is 14.3 Å². The van der Waals surface area contributed by atoms with Crippen molar-refractivity contribution in [3.63, 3.8) is 0 Å². The second-order valence-corrected chi connectivity index (χ2v) is 12.7. The van der Waals surface area contributed by atoms with Crippen molar-refractivity contribution >= 4 is 24.0 Å². The van der Waals surface area contributed by atoms with Gasteiger partial charge in [-0.05, 0) is 66.0 Å². The number of hydrogen-bond acceptors (Lipinski definition) is 3. The molecule has 1 saturated heterocycles. The van der Waals surface area contributed by atoms with E-state index in [1.165, 1.54) is 11.1 Å². The van der Waals surface area contributed by atoms with Gasteiger partial charge in [0, 0.05) is 11.1 Å². The molecule has 0 aliphatic carbocycles. The normalized spacial score (nSPS) is 17.6. The van der Waals surface area contributed by atoms with E-state index in [1.807, 2.05) is 57.2 Å². The molecule has 1 fully saturated rings. The van der Waals surface area contributed by atoms with Gasteiger partial charge in [0.25, 0.3) is 0 Å². The van der Waals surface area contributed by atoms with Gasteiger partial charge in [0.15, 0.2) is 5.78 Å². The molecule has 36 heavy (non-hydrogen) atoms. The van der Waals surface area contributed by atoms with Gasteiger partial charge in [0.1, 0.15) is 5.60 Å². The van der Waals surface area contributed by atoms with E-state index in [1.54, 1.807) is 4.90 Å². The van der Waals surface area contributed by atoms with Gasteiger partial charge < -0.3 is 4.74 Å². The van der Waals surface area contributed by atoms with Crippen LogP contribution in [0.2, 0.25) is 0 Å². The van der Waals surface area contributed by atoms with Crippen molar-refractivity contribution in [2.45, 2.75) is 78.7 Å². The lowest BCUT2D eigenvalue weighted by Gasteiger charge is -2.32. The summed E-state index contributed by atoms with van der Waals surface area (Å²) in [5.41, 5.74) is 4.98. The van der Waals surface area contributed by atoms with Gasteiger partial charge in [0.2, 0.25) is 0 Å². The quantitative estimate of drug-likeness (QED) is 0.410. The number of nitrogens with zero attached hydrogens (tertiary/aromatic N) is 1. The van der Waals surface area contributed by atoms with Crippen LogP contribution in [-0.2, 0) is 20.4 Å². The average Bonchev–Trinajstić information content (AvgIpc) is 2.74. The van der Waals surface area contributed by atoms with Crippen LogP contribution in [0.3, 0.4) is 0 Å². The summed E-state index contributed by atoms with van der Waals surface area (Å²) in [5.74, 6) is -0.0328. The highest BCUT2D eigenvalue weighted by Crippen LogP contribution is 2.27. The van der Waals surface area contributed by atoms with Gasteiger partial charge in [0.05, 0.1) is 13.1 Å². The zero-order chi connectivity index (χ0) is 26.9. The molecule has 0 unspecified atom stereocenters. The van der Waals surface area contributed by atoms with Crippen LogP contribution in [0.15, 0.2) is 59.7 Å². The first-order valence-corrected chi connectivity index (χ1v) is 12.7. The van der Waals surface area contributed by atoms with Crippen molar-refractivity contribution in [3.05, 3.63) is 81.9 Å². The lowest BCUT2D eigenvalue weighted by molar-refractivity contribution is -0.113. The third-order valence-corrected chi connectivity index (χ3v) is 6.19. The molecule has 0 spiro atoms. The molecular weight excluding hydrogens is 446 g/mol. The van der Waals surface area contributed by atoms with Gasteiger partial charge in [-0.25, -0.2) is 4.79 Å². The summed E-state index contributed by atoms with van der Waals surface area (Å²) in [5, 5.41) is 0. The summed E-state index contributed by atoms with van der Waals surface area (Å²) in [6, 6.07) is 16.5. The molecule has 0 saturated carbocycles. The molecule has 4 nitrogen and oxygen atoms in total. The molecule has 2 aromatic carbocycles. The van der Waals surface area contributed by atoms with Gasteiger partial charge in [-0.3, -0.25) is 9.69 Å². The standard InChI is InChI=1S/C32H41NO3/c1-30(2,3)26-14-10-22(11-15-26)18-24-20-33(29(35)36-32(7,8)9)21-25(28(24)34)19-23-12-16-27(17-13-23)31(4,5)6/h10-19H,20-21H2,1-9H3/b24-18+,25-19+. The lowest BCUT2D eigenvalue weighted by Crippen LogP contribution is -2.44. The van der Waals surface area contributed by atoms with Crippen molar-refractivity contribution in [3.8, 4) is 0 Å². The van der Waals surface area contributed by atoms with E-state index in [0.717, 1.165) is 11.1 Å². The fraction of sp³-hybridized carbons (Fsp3) is 0.438. The summed E-state index contributed by atoms with van der Waals surface area (Å²) in [6.45, 7) is 19.0. The number of piperidine rings is 1. The van der Waals surface area contributed by atoms with Gasteiger partial charge in [-0.15, -0.1) is 0 Å². The van der Waals surface area contributed by atoms with E-state index in [-0.39, 0.29) is 29.7 Å². The van der Waals surface area contributed by atoms with Crippen LogP contribution in [0.25, 0.3) is 12.2 Å². The maximum Gasteiger partial charge on any atom is 0.410 e. The molecule has 1 amide bonds. The highest BCUT2D eigenvalue weighted by molar-refractivity contribution is 6.15. The van der Waals surface area contributed by atoms with Crippen LogP contribution in [-0.4, -0.2) is 35.5 Å². The largest absolute Gasteiger partial charge is 0.444 e. The predicted molar refractivity (Wildman–Crippen MR) is 149 cm³/mol. The molecule has 2 aromatic rings. The highest BCUT2D eigenvalue weighted by Gasteiger charge is 2.32. The average molecular weight is 488 g/mol. The van der Waals surface area contributed by atoms with Crippen molar-refractivity contribution in [2.24, 2.45) is 0 Å². The molecule has 0 aromatic heterocycles. The van der Waals surface area contributed by atoms with Crippen LogP contribution in [0.5, 0.6) is 0 Å². The van der Waals surface area contributed by atoms with E-state index in [0.29, 0.717) is 11.1 Å². The van der Waals surface area contributed by atoms with E-state index in [9.17, 15) is 9.59 Å². The first kappa shape index (κ1) is 27.4. The highest BCUT2D eigenvalue weighted by atomic mass is 16.6. The van der Waals surface area contributed by atoms with Gasteiger partial charge >= 0.3 is 6.09 Å². The Morgan fingerprint density at radius 3 is 1.36 bits per heavy atom. The van der Waals surface area contributed by atoms with Gasteiger partial charge in [-0.2, -0.15) is 0 Å². The summed E-state index contributed by atoms with van der Waals surface area (Å²) < 4.78 is 5.64. The van der Waals surface area contributed by atoms with Crippen molar-refractivity contribution in [1.82, 2.24) is 4.90 Å². The first-order chi connectivity index (χ1) is 16.5. The number of hydrogen-bond donors (Lipinski definition) is 0. The smallest absolute Gasteiger partial charge is 0.410 e. The Morgan fingerprint density at radius 2 is 1.06 bits per heavy atom. The molecule has 0 bridgehead atoms. The number of likely N-dealkylation sites (tertiary alicyclic amines) is 1. The SMILES string of the molecule is CC(C)(C)OC(=O)N1C/C(=C\c2ccc(C(C)(C)C)cc2)C(=O)/C(=C/c2ccc(C(C)(C)C)cc2)C1. The summed E-state index contributed by atoms with van der Waals surface area (Å²) in [6.07, 6.45) is 3.36. The fourth-order valence-corrected chi connectivity index (χ4v) is 4.06. The topological polar surface area (TPSA) is 46.6 Å². The second-order valence-electron chi connectivity index (χ2n) is 12.7. The van der Waals surface area contributed by atoms with Crippen LogP contribution >= 0.6 is 0 Å². The number of amides is 1. The maximum atomic E-state index is 13.5. The van der Waals surface area contributed by atoms with E-state index in [4.69, 9.17) is 4.74 Å². The molecular formula is C32H41NO3. The van der Waals surface area contributed by atoms with E-state index < -0.39 is 11.7 Å². The Balaban J connectivity index is 1.97. The Hall–Kier alpha value is -3.14. The fourth-order valence-electron chi connectivity index (χ4n) is 4.06. The molecule has 1 aliphatic heterocycles. The van der Waals surface area contributed by atoms with E-state index >= 15 is 0 Å². The van der Waals surface area contributed by atoms with Crippen LogP contribution < -0.4 is 0 Å². The third kappa shape index (κ3) is 7.19. The number of ether oxygens (including phenoxy) is 1. The third-order valence-electron chi connectivity index (χ3n) is 6.19. The maximum absolute atomic E-state index is 13.5. The summed E-state index contributed by atoms with van der Waals surface area (Å²) >= 11 is 0. The molecule has 0 radical (unpaired) electrons. The van der Waals surface area contributed by atoms with Crippen LogP contribution in [0, 0.1) is 0 Å². The molecule has 0 atom stereocenters. The summed E-state index contributed by atoms with van der Waals surface area (Å²) in [7, 11) is 0. The zero-order valence-corrected chi connectivity index (χ0v) is 23.4. The van der Waals surface area contributed by atoms with E-state index in [2.05, 4.69) is 65.8 Å². The molecule has 3 rings (SSSR count). The number of carbonyl (C=O) groups excluding carboxylic acids is 2. The Morgan fingerprint density at radius 1 is 0.694 bits per heavy atom.